The van der Waals surface area contributed by atoms with Gasteiger partial charge in [-0.2, -0.15) is 0 Å². The van der Waals surface area contributed by atoms with E-state index < -0.39 is 0 Å². The summed E-state index contributed by atoms with van der Waals surface area (Å²) in [6.07, 6.45) is 0.476. The first-order valence-corrected chi connectivity index (χ1v) is 4.91. The first-order valence-electron chi connectivity index (χ1n) is 4.91. The second kappa shape index (κ2) is 26.1. The molecule has 0 unspecified atom stereocenters. The predicted octanol–water partition coefficient (Wildman–Crippen LogP) is 0.162. The molecule has 0 aliphatic rings. The van der Waals surface area contributed by atoms with E-state index in [1.54, 1.807) is 0 Å². The van der Waals surface area contributed by atoms with E-state index in [-0.39, 0.29) is 44.3 Å². The number of methoxy groups -OCH3 is 1. The van der Waals surface area contributed by atoms with Crippen molar-refractivity contribution in [3.8, 4) is 0 Å². The maximum Gasteiger partial charge on any atom is 0.306 e. The Morgan fingerprint density at radius 2 is 1.37 bits per heavy atom. The lowest BCUT2D eigenvalue weighted by atomic mass is 10.4. The van der Waals surface area contributed by atoms with Gasteiger partial charge in [-0.1, -0.05) is 14.9 Å². The highest BCUT2D eigenvalue weighted by atomic mass is 16.5. The highest BCUT2D eigenvalue weighted by Gasteiger charge is 1.98. The van der Waals surface area contributed by atoms with Gasteiger partial charge in [0.2, 0.25) is 0 Å². The summed E-state index contributed by atoms with van der Waals surface area (Å²) in [5, 5.41) is 8.20. The molecule has 0 aromatic carbocycles. The highest BCUT2D eigenvalue weighted by molar-refractivity contribution is 5.76. The van der Waals surface area contributed by atoms with E-state index in [1.165, 1.54) is 7.11 Å². The SMILES string of the molecule is C.C.CN(C)CCO.COC(=O)CCN(C)C.[B].[B]. The zero-order chi connectivity index (χ0) is 12.3. The number of hydrogen-bond donors (Lipinski definition) is 1. The van der Waals surface area contributed by atoms with Crippen molar-refractivity contribution in [2.75, 3.05) is 55.0 Å². The molecule has 0 heterocycles. The molecule has 0 spiro atoms. The number of aliphatic hydroxyl groups is 1. The molecule has 0 fully saturated rings. The maximum atomic E-state index is 10.5. The first-order chi connectivity index (χ1) is 6.93. The Bertz CT molecular complexity index is 160. The summed E-state index contributed by atoms with van der Waals surface area (Å²) in [5.41, 5.74) is 0. The molecule has 0 rings (SSSR count). The standard InChI is InChI=1S/C6H13NO2.C4H11NO.2CH4.2B/c1-7(2)5-4-6(8)9-3;1-5(2)3-4-6;;;;/h4-5H2,1-3H3;6H,3-4H2,1-2H3;2*1H4;;. The number of aliphatic hydroxyl groups excluding tert-OH is 1. The molecule has 0 saturated heterocycles. The summed E-state index contributed by atoms with van der Waals surface area (Å²) in [5.74, 6) is -0.149. The number of esters is 1. The van der Waals surface area contributed by atoms with Gasteiger partial charge >= 0.3 is 5.97 Å². The number of carbonyl (C=O) groups excluding carboxylic acids is 1. The molecule has 114 valence electrons. The number of rotatable bonds is 5. The zero-order valence-corrected chi connectivity index (χ0v) is 11.6. The number of carbonyl (C=O) groups is 1. The number of likely N-dealkylation sites (N-methyl/N-ethyl adjacent to an activating group) is 1. The van der Waals surface area contributed by atoms with Gasteiger partial charge in [0.1, 0.15) is 0 Å². The van der Waals surface area contributed by atoms with Gasteiger partial charge in [0, 0.05) is 29.9 Å². The monoisotopic (exact) mass is 274 g/mol. The van der Waals surface area contributed by atoms with Crippen LogP contribution in [0.3, 0.4) is 0 Å². The highest BCUT2D eigenvalue weighted by Crippen LogP contribution is 1.84. The van der Waals surface area contributed by atoms with Gasteiger partial charge in [0.05, 0.1) is 20.1 Å². The number of hydrogen-bond acceptors (Lipinski definition) is 5. The molecule has 5 nitrogen and oxygen atoms in total. The van der Waals surface area contributed by atoms with Gasteiger partial charge in [-0.15, -0.1) is 0 Å². The molecule has 0 atom stereocenters. The number of ether oxygens (including phenoxy) is 1. The molecule has 0 saturated carbocycles. The van der Waals surface area contributed by atoms with Gasteiger partial charge in [-0.05, 0) is 28.2 Å². The topological polar surface area (TPSA) is 53.0 Å². The Kier molecular flexibility index (Phi) is 49.9. The van der Waals surface area contributed by atoms with Crippen LogP contribution in [0.1, 0.15) is 21.3 Å². The average molecular weight is 274 g/mol. The Balaban J connectivity index is -0.0000000385. The second-order valence-electron chi connectivity index (χ2n) is 3.66. The van der Waals surface area contributed by atoms with Crippen LogP contribution < -0.4 is 0 Å². The lowest BCUT2D eigenvalue weighted by Crippen LogP contribution is -2.17. The van der Waals surface area contributed by atoms with Crippen LogP contribution in [0.25, 0.3) is 0 Å². The van der Waals surface area contributed by atoms with Crippen molar-refractivity contribution in [3.05, 3.63) is 0 Å². The van der Waals surface area contributed by atoms with E-state index in [9.17, 15) is 4.79 Å². The Hall–Kier alpha value is -0.520. The van der Waals surface area contributed by atoms with Crippen LogP contribution in [0.15, 0.2) is 0 Å². The van der Waals surface area contributed by atoms with E-state index in [1.807, 2.05) is 38.0 Å². The fourth-order valence-electron chi connectivity index (χ4n) is 0.617. The van der Waals surface area contributed by atoms with Crippen molar-refractivity contribution < 1.29 is 14.6 Å². The van der Waals surface area contributed by atoms with Gasteiger partial charge in [0.25, 0.3) is 0 Å². The third-order valence-electron chi connectivity index (χ3n) is 1.54. The van der Waals surface area contributed by atoms with Crippen molar-refractivity contribution in [1.29, 1.82) is 0 Å². The third-order valence-corrected chi connectivity index (χ3v) is 1.54. The molecule has 19 heavy (non-hydrogen) atoms. The lowest BCUT2D eigenvalue weighted by molar-refractivity contribution is -0.140. The van der Waals surface area contributed by atoms with E-state index in [0.717, 1.165) is 13.1 Å². The van der Waals surface area contributed by atoms with Crippen LogP contribution in [0, 0.1) is 0 Å². The van der Waals surface area contributed by atoms with E-state index >= 15 is 0 Å². The van der Waals surface area contributed by atoms with Crippen LogP contribution in [-0.2, 0) is 9.53 Å². The second-order valence-corrected chi connectivity index (χ2v) is 3.66. The molecule has 6 radical (unpaired) electrons. The Labute approximate surface area is 124 Å². The normalized spacial score (nSPS) is 7.79. The van der Waals surface area contributed by atoms with Gasteiger partial charge in [-0.25, -0.2) is 0 Å². The molecule has 0 aliphatic carbocycles. The molecule has 0 bridgehead atoms. The van der Waals surface area contributed by atoms with E-state index in [2.05, 4.69) is 4.74 Å². The van der Waals surface area contributed by atoms with Crippen LogP contribution in [0.4, 0.5) is 0 Å². The fraction of sp³-hybridized carbons (Fsp3) is 0.917. The summed E-state index contributed by atoms with van der Waals surface area (Å²) in [6, 6.07) is 0. The predicted molar refractivity (Wildman–Crippen MR) is 85.8 cm³/mol. The van der Waals surface area contributed by atoms with Crippen molar-refractivity contribution in [2.45, 2.75) is 21.3 Å². The summed E-state index contributed by atoms with van der Waals surface area (Å²) >= 11 is 0. The molecule has 0 amide bonds. The van der Waals surface area contributed by atoms with Crippen LogP contribution >= 0.6 is 0 Å². The van der Waals surface area contributed by atoms with E-state index in [0.29, 0.717) is 6.42 Å². The molecule has 7 heteroatoms. The van der Waals surface area contributed by atoms with Crippen molar-refractivity contribution in [1.82, 2.24) is 9.80 Å². The summed E-state index contributed by atoms with van der Waals surface area (Å²) in [6.45, 7) is 1.78. The minimum Gasteiger partial charge on any atom is -0.469 e. The van der Waals surface area contributed by atoms with Crippen LogP contribution in [-0.4, -0.2) is 92.7 Å². The summed E-state index contributed by atoms with van der Waals surface area (Å²) in [7, 11) is 9.09. The number of nitrogens with zero attached hydrogens (tertiary/aromatic N) is 2. The zero-order valence-electron chi connectivity index (χ0n) is 11.6. The smallest absolute Gasteiger partial charge is 0.306 e. The molecule has 1 N–H and O–H groups in total. The Morgan fingerprint density at radius 1 is 1.00 bits per heavy atom. The fourth-order valence-corrected chi connectivity index (χ4v) is 0.617. The van der Waals surface area contributed by atoms with Crippen molar-refractivity contribution in [2.24, 2.45) is 0 Å². The molecule has 0 aromatic heterocycles. The van der Waals surface area contributed by atoms with Gasteiger partial charge < -0.3 is 19.6 Å². The average Bonchev–Trinajstić information content (AvgIpc) is 2.14. The third kappa shape index (κ3) is 46.6. The molecular formula is C12H32B2N2O3. The minimum atomic E-state index is -0.149. The summed E-state index contributed by atoms with van der Waals surface area (Å²) in [4.78, 5) is 14.3. The lowest BCUT2D eigenvalue weighted by Gasteiger charge is -2.06. The van der Waals surface area contributed by atoms with Crippen molar-refractivity contribution in [3.63, 3.8) is 0 Å². The van der Waals surface area contributed by atoms with Gasteiger partial charge in [-0.3, -0.25) is 4.79 Å². The van der Waals surface area contributed by atoms with Crippen LogP contribution in [0.2, 0.25) is 0 Å². The maximum absolute atomic E-state index is 10.5. The molecule has 0 aliphatic heterocycles. The minimum absolute atomic E-state index is 0. The molecular weight excluding hydrogens is 242 g/mol. The van der Waals surface area contributed by atoms with E-state index in [4.69, 9.17) is 5.11 Å². The van der Waals surface area contributed by atoms with Crippen molar-refractivity contribution >= 4 is 22.8 Å². The van der Waals surface area contributed by atoms with Crippen LogP contribution in [0.5, 0.6) is 0 Å². The van der Waals surface area contributed by atoms with Gasteiger partial charge in [0.15, 0.2) is 0 Å². The Morgan fingerprint density at radius 3 is 1.53 bits per heavy atom. The molecule has 0 aromatic rings. The first kappa shape index (κ1) is 36.3. The quantitative estimate of drug-likeness (QED) is 0.572. The summed E-state index contributed by atoms with van der Waals surface area (Å²) < 4.78 is 4.43. The largest absolute Gasteiger partial charge is 0.469 e.